The lowest BCUT2D eigenvalue weighted by atomic mass is 9.87. The van der Waals surface area contributed by atoms with E-state index in [9.17, 15) is 0 Å². The lowest BCUT2D eigenvalue weighted by Gasteiger charge is -2.46. The molecule has 0 radical (unpaired) electrons. The highest BCUT2D eigenvalue weighted by atomic mass is 16.5. The third kappa shape index (κ3) is 2.52. The molecule has 3 nitrogen and oxygen atoms in total. The quantitative estimate of drug-likeness (QED) is 0.709. The van der Waals surface area contributed by atoms with Crippen LogP contribution in [0.3, 0.4) is 0 Å². The molecule has 2 aliphatic rings. The molecular formula is C12H24N2O. The summed E-state index contributed by atoms with van der Waals surface area (Å²) in [5.41, 5.74) is -0.0822. The molecule has 0 aliphatic carbocycles. The van der Waals surface area contributed by atoms with Gasteiger partial charge in [-0.1, -0.05) is 6.92 Å². The first-order valence-electron chi connectivity index (χ1n) is 6.18. The minimum absolute atomic E-state index is 0.0822. The zero-order chi connectivity index (χ0) is 10.9. The summed E-state index contributed by atoms with van der Waals surface area (Å²) in [6.07, 6.45) is 2.60. The number of ether oxygens (including phenoxy) is 1. The summed E-state index contributed by atoms with van der Waals surface area (Å²) in [6.45, 7) is 8.86. The fraction of sp³-hybridized carbons (Fsp3) is 1.00. The Balaban J connectivity index is 1.95. The van der Waals surface area contributed by atoms with E-state index >= 15 is 0 Å². The Morgan fingerprint density at radius 3 is 2.87 bits per heavy atom. The van der Waals surface area contributed by atoms with E-state index in [2.05, 4.69) is 31.1 Å². The van der Waals surface area contributed by atoms with Gasteiger partial charge >= 0.3 is 0 Å². The maximum absolute atomic E-state index is 6.03. The molecule has 2 fully saturated rings. The van der Waals surface area contributed by atoms with Crippen molar-refractivity contribution >= 4 is 0 Å². The van der Waals surface area contributed by atoms with E-state index in [1.807, 2.05) is 0 Å². The van der Waals surface area contributed by atoms with Crippen molar-refractivity contribution < 1.29 is 4.74 Å². The topological polar surface area (TPSA) is 24.5 Å². The average Bonchev–Trinajstić information content (AvgIpc) is 2.23. The van der Waals surface area contributed by atoms with Crippen molar-refractivity contribution in [1.29, 1.82) is 0 Å². The predicted molar refractivity (Wildman–Crippen MR) is 61.7 cm³/mol. The Labute approximate surface area is 93.2 Å². The molecule has 0 spiro atoms. The SMILES string of the molecule is CC1CNC(C)(C2CCCN(C)C2)OC1. The number of rotatable bonds is 1. The van der Waals surface area contributed by atoms with Gasteiger partial charge in [0.25, 0.3) is 0 Å². The van der Waals surface area contributed by atoms with E-state index in [1.165, 1.54) is 19.4 Å². The Bertz CT molecular complexity index is 212. The van der Waals surface area contributed by atoms with Crippen LogP contribution in [0.1, 0.15) is 26.7 Å². The molecule has 3 atom stereocenters. The second kappa shape index (κ2) is 4.40. The number of likely N-dealkylation sites (tertiary alicyclic amines) is 1. The lowest BCUT2D eigenvalue weighted by Crippen LogP contribution is -2.59. The molecule has 2 aliphatic heterocycles. The molecule has 3 heteroatoms. The predicted octanol–water partition coefficient (Wildman–Crippen LogP) is 1.30. The molecule has 2 heterocycles. The van der Waals surface area contributed by atoms with Crippen LogP contribution < -0.4 is 5.32 Å². The minimum Gasteiger partial charge on any atom is -0.360 e. The Kier molecular flexibility index (Phi) is 3.33. The molecule has 88 valence electrons. The monoisotopic (exact) mass is 212 g/mol. The first kappa shape index (κ1) is 11.4. The standard InChI is InChI=1S/C12H24N2O/c1-10-7-13-12(2,15-9-10)11-5-4-6-14(3)8-11/h10-11,13H,4-9H2,1-3H3. The largest absolute Gasteiger partial charge is 0.360 e. The molecule has 0 amide bonds. The fourth-order valence-corrected chi connectivity index (χ4v) is 2.68. The van der Waals surface area contributed by atoms with Gasteiger partial charge < -0.3 is 9.64 Å². The van der Waals surface area contributed by atoms with Crippen molar-refractivity contribution in [3.05, 3.63) is 0 Å². The van der Waals surface area contributed by atoms with Gasteiger partial charge in [0.1, 0.15) is 5.72 Å². The highest BCUT2D eigenvalue weighted by molar-refractivity contribution is 4.89. The van der Waals surface area contributed by atoms with Crippen LogP contribution in [0, 0.1) is 11.8 Å². The van der Waals surface area contributed by atoms with E-state index < -0.39 is 0 Å². The van der Waals surface area contributed by atoms with Crippen LogP contribution in [0.25, 0.3) is 0 Å². The highest BCUT2D eigenvalue weighted by Crippen LogP contribution is 2.30. The van der Waals surface area contributed by atoms with Crippen molar-refractivity contribution in [2.45, 2.75) is 32.4 Å². The average molecular weight is 212 g/mol. The van der Waals surface area contributed by atoms with Gasteiger partial charge in [0.2, 0.25) is 0 Å². The molecule has 3 unspecified atom stereocenters. The maximum Gasteiger partial charge on any atom is 0.120 e. The third-order valence-corrected chi connectivity index (χ3v) is 3.87. The molecular weight excluding hydrogens is 188 g/mol. The number of piperidine rings is 1. The normalized spacial score (nSPS) is 44.2. The Morgan fingerprint density at radius 2 is 2.27 bits per heavy atom. The number of hydrogen-bond donors (Lipinski definition) is 1. The molecule has 15 heavy (non-hydrogen) atoms. The van der Waals surface area contributed by atoms with E-state index in [-0.39, 0.29) is 5.72 Å². The molecule has 0 saturated carbocycles. The van der Waals surface area contributed by atoms with Crippen molar-refractivity contribution in [3.8, 4) is 0 Å². The van der Waals surface area contributed by atoms with E-state index in [4.69, 9.17) is 4.74 Å². The second-order valence-electron chi connectivity index (χ2n) is 5.51. The third-order valence-electron chi connectivity index (χ3n) is 3.87. The minimum atomic E-state index is -0.0822. The van der Waals surface area contributed by atoms with Crippen LogP contribution in [0.5, 0.6) is 0 Å². The molecule has 0 aromatic heterocycles. The number of nitrogens with one attached hydrogen (secondary N) is 1. The summed E-state index contributed by atoms with van der Waals surface area (Å²) < 4.78 is 6.03. The molecule has 0 aromatic carbocycles. The Hall–Kier alpha value is -0.120. The maximum atomic E-state index is 6.03. The van der Waals surface area contributed by atoms with Crippen molar-refractivity contribution in [1.82, 2.24) is 10.2 Å². The van der Waals surface area contributed by atoms with Gasteiger partial charge in [-0.05, 0) is 39.3 Å². The Morgan fingerprint density at radius 1 is 1.47 bits per heavy atom. The molecule has 0 aromatic rings. The van der Waals surface area contributed by atoms with Gasteiger partial charge in [0, 0.05) is 19.0 Å². The number of nitrogens with zero attached hydrogens (tertiary/aromatic N) is 1. The molecule has 0 bridgehead atoms. The number of hydrogen-bond acceptors (Lipinski definition) is 3. The van der Waals surface area contributed by atoms with Gasteiger partial charge in [-0.25, -0.2) is 0 Å². The molecule has 2 rings (SSSR count). The van der Waals surface area contributed by atoms with Crippen LogP contribution in [0.15, 0.2) is 0 Å². The summed E-state index contributed by atoms with van der Waals surface area (Å²) in [6, 6.07) is 0. The summed E-state index contributed by atoms with van der Waals surface area (Å²) >= 11 is 0. The summed E-state index contributed by atoms with van der Waals surface area (Å²) in [7, 11) is 2.21. The van der Waals surface area contributed by atoms with Crippen molar-refractivity contribution in [3.63, 3.8) is 0 Å². The summed E-state index contributed by atoms with van der Waals surface area (Å²) in [5.74, 6) is 1.29. The second-order valence-corrected chi connectivity index (χ2v) is 5.51. The van der Waals surface area contributed by atoms with Gasteiger partial charge in [-0.2, -0.15) is 0 Å². The zero-order valence-corrected chi connectivity index (χ0v) is 10.3. The molecule has 2 saturated heterocycles. The van der Waals surface area contributed by atoms with Gasteiger partial charge in [-0.15, -0.1) is 0 Å². The molecule has 1 N–H and O–H groups in total. The highest BCUT2D eigenvalue weighted by Gasteiger charge is 2.39. The first-order chi connectivity index (χ1) is 7.10. The zero-order valence-electron chi connectivity index (χ0n) is 10.3. The summed E-state index contributed by atoms with van der Waals surface area (Å²) in [5, 5.41) is 3.59. The van der Waals surface area contributed by atoms with Crippen LogP contribution in [-0.4, -0.2) is 43.9 Å². The van der Waals surface area contributed by atoms with Gasteiger partial charge in [-0.3, -0.25) is 5.32 Å². The van der Waals surface area contributed by atoms with E-state index in [0.717, 1.165) is 19.7 Å². The van der Waals surface area contributed by atoms with E-state index in [1.54, 1.807) is 0 Å². The van der Waals surface area contributed by atoms with Gasteiger partial charge in [0.05, 0.1) is 6.61 Å². The lowest BCUT2D eigenvalue weighted by molar-refractivity contribution is -0.146. The van der Waals surface area contributed by atoms with Crippen molar-refractivity contribution in [2.24, 2.45) is 11.8 Å². The van der Waals surface area contributed by atoms with Crippen LogP contribution in [0.4, 0.5) is 0 Å². The smallest absolute Gasteiger partial charge is 0.120 e. The van der Waals surface area contributed by atoms with Crippen molar-refractivity contribution in [2.75, 3.05) is 33.3 Å². The van der Waals surface area contributed by atoms with Crippen LogP contribution >= 0.6 is 0 Å². The van der Waals surface area contributed by atoms with Crippen LogP contribution in [0.2, 0.25) is 0 Å². The first-order valence-corrected chi connectivity index (χ1v) is 6.18. The van der Waals surface area contributed by atoms with Gasteiger partial charge in [0.15, 0.2) is 0 Å². The fourth-order valence-electron chi connectivity index (χ4n) is 2.68. The van der Waals surface area contributed by atoms with E-state index in [0.29, 0.717) is 11.8 Å². The van der Waals surface area contributed by atoms with Crippen LogP contribution in [-0.2, 0) is 4.74 Å². The summed E-state index contributed by atoms with van der Waals surface area (Å²) in [4.78, 5) is 2.42.